The fourth-order valence-electron chi connectivity index (χ4n) is 2.60. The van der Waals surface area contributed by atoms with Gasteiger partial charge < -0.3 is 20.1 Å². The van der Waals surface area contributed by atoms with Crippen LogP contribution in [0.25, 0.3) is 0 Å². The third-order valence-corrected chi connectivity index (χ3v) is 4.12. The van der Waals surface area contributed by atoms with Gasteiger partial charge in [-0.3, -0.25) is 4.79 Å². The maximum Gasteiger partial charge on any atom is 0.226 e. The molecule has 1 fully saturated rings. The lowest BCUT2D eigenvalue weighted by Crippen LogP contribution is -2.43. The Labute approximate surface area is 164 Å². The van der Waals surface area contributed by atoms with E-state index in [1.807, 2.05) is 48.5 Å². The molecule has 140 valence electrons. The summed E-state index contributed by atoms with van der Waals surface area (Å²) in [6, 6.07) is 15.0. The molecular formula is C19H22Cl2N2O3. The molecule has 1 amide bonds. The van der Waals surface area contributed by atoms with Crippen LogP contribution in [0.3, 0.4) is 0 Å². The maximum absolute atomic E-state index is 12.1. The van der Waals surface area contributed by atoms with Crippen LogP contribution in [-0.4, -0.2) is 31.7 Å². The average Bonchev–Trinajstić information content (AvgIpc) is 2.62. The predicted molar refractivity (Wildman–Crippen MR) is 105 cm³/mol. The van der Waals surface area contributed by atoms with Crippen LogP contribution >= 0.6 is 24.0 Å². The Morgan fingerprint density at radius 3 is 2.81 bits per heavy atom. The number of halogens is 2. The second-order valence-corrected chi connectivity index (χ2v) is 6.36. The van der Waals surface area contributed by atoms with Crippen LogP contribution in [0.15, 0.2) is 48.5 Å². The zero-order valence-corrected chi connectivity index (χ0v) is 15.8. The second-order valence-electron chi connectivity index (χ2n) is 5.92. The summed E-state index contributed by atoms with van der Waals surface area (Å²) < 4.78 is 11.1. The Balaban J connectivity index is 0.00000243. The highest BCUT2D eigenvalue weighted by Gasteiger charge is 2.16. The molecule has 2 aromatic rings. The molecule has 1 aliphatic rings. The molecule has 0 radical (unpaired) electrons. The number of carbonyl (C=O) groups is 1. The second kappa shape index (κ2) is 10.4. The standard InChI is InChI=1S/C19H21ClN2O3.ClH/c20-15-6-4-14(5-7-15)12-25-18-3-1-2-16(10-18)22-19(23)11-17-13-24-9-8-21-17;/h1-7,10,17,21H,8-9,11-13H2,(H,22,23);1H. The van der Waals surface area contributed by atoms with Crippen LogP contribution in [0, 0.1) is 0 Å². The average molecular weight is 397 g/mol. The molecule has 1 heterocycles. The van der Waals surface area contributed by atoms with Gasteiger partial charge in [0, 0.05) is 35.8 Å². The fraction of sp³-hybridized carbons (Fsp3) is 0.316. The van der Waals surface area contributed by atoms with Crippen LogP contribution < -0.4 is 15.4 Å². The van der Waals surface area contributed by atoms with Gasteiger partial charge in [0.25, 0.3) is 0 Å². The van der Waals surface area contributed by atoms with Crippen molar-refractivity contribution in [1.82, 2.24) is 5.32 Å². The van der Waals surface area contributed by atoms with Gasteiger partial charge in [-0.2, -0.15) is 0 Å². The highest BCUT2D eigenvalue weighted by atomic mass is 35.5. The summed E-state index contributed by atoms with van der Waals surface area (Å²) >= 11 is 5.87. The van der Waals surface area contributed by atoms with Gasteiger partial charge in [-0.25, -0.2) is 0 Å². The first-order valence-electron chi connectivity index (χ1n) is 8.27. The van der Waals surface area contributed by atoms with Crippen molar-refractivity contribution in [3.05, 3.63) is 59.1 Å². The first-order valence-corrected chi connectivity index (χ1v) is 8.65. The van der Waals surface area contributed by atoms with Gasteiger partial charge in [-0.1, -0.05) is 29.8 Å². The quantitative estimate of drug-likeness (QED) is 0.781. The van der Waals surface area contributed by atoms with Crippen molar-refractivity contribution >= 4 is 35.6 Å². The molecule has 0 bridgehead atoms. The van der Waals surface area contributed by atoms with Crippen molar-refractivity contribution in [2.24, 2.45) is 0 Å². The van der Waals surface area contributed by atoms with E-state index >= 15 is 0 Å². The van der Waals surface area contributed by atoms with E-state index in [0.29, 0.717) is 37.0 Å². The number of benzene rings is 2. The number of amides is 1. The highest BCUT2D eigenvalue weighted by Crippen LogP contribution is 2.19. The summed E-state index contributed by atoms with van der Waals surface area (Å²) in [5.41, 5.74) is 1.75. The largest absolute Gasteiger partial charge is 0.489 e. The Morgan fingerprint density at radius 2 is 2.08 bits per heavy atom. The normalized spacial score (nSPS) is 16.4. The van der Waals surface area contributed by atoms with Gasteiger partial charge in [0.2, 0.25) is 5.91 Å². The van der Waals surface area contributed by atoms with Crippen LogP contribution in [0.2, 0.25) is 5.02 Å². The molecule has 2 aromatic carbocycles. The minimum absolute atomic E-state index is 0. The Bertz CT molecular complexity index is 704. The summed E-state index contributed by atoms with van der Waals surface area (Å²) in [5.74, 6) is 0.657. The number of rotatable bonds is 6. The van der Waals surface area contributed by atoms with Crippen molar-refractivity contribution in [3.63, 3.8) is 0 Å². The van der Waals surface area contributed by atoms with E-state index in [1.54, 1.807) is 0 Å². The Kier molecular flexibility index (Phi) is 8.19. The van der Waals surface area contributed by atoms with Crippen LogP contribution in [0.4, 0.5) is 5.69 Å². The fourth-order valence-corrected chi connectivity index (χ4v) is 2.72. The number of ether oxygens (including phenoxy) is 2. The molecule has 1 aliphatic heterocycles. The van der Waals surface area contributed by atoms with Gasteiger partial charge in [-0.05, 0) is 29.8 Å². The molecule has 0 aliphatic carbocycles. The lowest BCUT2D eigenvalue weighted by atomic mass is 10.2. The minimum Gasteiger partial charge on any atom is -0.489 e. The molecule has 1 unspecified atom stereocenters. The number of nitrogens with one attached hydrogen (secondary N) is 2. The number of hydrogen-bond donors (Lipinski definition) is 2. The molecule has 1 atom stereocenters. The number of morpholine rings is 1. The molecule has 26 heavy (non-hydrogen) atoms. The topological polar surface area (TPSA) is 59.6 Å². The van der Waals surface area contributed by atoms with Crippen molar-refractivity contribution in [3.8, 4) is 5.75 Å². The zero-order valence-electron chi connectivity index (χ0n) is 14.2. The van der Waals surface area contributed by atoms with Crippen LogP contribution in [0.1, 0.15) is 12.0 Å². The van der Waals surface area contributed by atoms with Crippen molar-refractivity contribution in [2.75, 3.05) is 25.1 Å². The molecule has 3 rings (SSSR count). The first kappa shape index (κ1) is 20.5. The smallest absolute Gasteiger partial charge is 0.226 e. The van der Waals surface area contributed by atoms with E-state index in [-0.39, 0.29) is 24.4 Å². The molecule has 0 saturated carbocycles. The SMILES string of the molecule is Cl.O=C(CC1COCCN1)Nc1cccc(OCc2ccc(Cl)cc2)c1. The summed E-state index contributed by atoms with van der Waals surface area (Å²) in [5, 5.41) is 6.87. The van der Waals surface area contributed by atoms with E-state index in [4.69, 9.17) is 21.1 Å². The number of hydrogen-bond acceptors (Lipinski definition) is 4. The molecular weight excluding hydrogens is 375 g/mol. The zero-order chi connectivity index (χ0) is 17.5. The molecule has 0 aromatic heterocycles. The van der Waals surface area contributed by atoms with Gasteiger partial charge in [0.15, 0.2) is 0 Å². The Hall–Kier alpha value is -1.79. The molecule has 2 N–H and O–H groups in total. The summed E-state index contributed by atoms with van der Waals surface area (Å²) in [6.45, 7) is 2.49. The van der Waals surface area contributed by atoms with Crippen molar-refractivity contribution < 1.29 is 14.3 Å². The van der Waals surface area contributed by atoms with Crippen molar-refractivity contribution in [2.45, 2.75) is 19.1 Å². The number of anilines is 1. The van der Waals surface area contributed by atoms with Gasteiger partial charge in [-0.15, -0.1) is 12.4 Å². The van der Waals surface area contributed by atoms with Crippen molar-refractivity contribution in [1.29, 1.82) is 0 Å². The summed E-state index contributed by atoms with van der Waals surface area (Å²) in [6.07, 6.45) is 0.385. The van der Waals surface area contributed by atoms with E-state index in [1.165, 1.54) is 0 Å². The van der Waals surface area contributed by atoms with Crippen LogP contribution in [0.5, 0.6) is 5.75 Å². The van der Waals surface area contributed by atoms with E-state index in [9.17, 15) is 4.79 Å². The number of carbonyl (C=O) groups excluding carboxylic acids is 1. The van der Waals surface area contributed by atoms with E-state index < -0.39 is 0 Å². The van der Waals surface area contributed by atoms with Gasteiger partial charge in [0.1, 0.15) is 12.4 Å². The first-order chi connectivity index (χ1) is 12.2. The predicted octanol–water partition coefficient (Wildman–Crippen LogP) is 3.66. The Morgan fingerprint density at radius 1 is 1.27 bits per heavy atom. The van der Waals surface area contributed by atoms with Gasteiger partial charge >= 0.3 is 0 Å². The van der Waals surface area contributed by atoms with E-state index in [2.05, 4.69) is 10.6 Å². The lowest BCUT2D eigenvalue weighted by molar-refractivity contribution is -0.117. The molecule has 1 saturated heterocycles. The monoisotopic (exact) mass is 396 g/mol. The van der Waals surface area contributed by atoms with Crippen LogP contribution in [-0.2, 0) is 16.1 Å². The molecule has 7 heteroatoms. The third-order valence-electron chi connectivity index (χ3n) is 3.87. The molecule has 0 spiro atoms. The third kappa shape index (κ3) is 6.50. The van der Waals surface area contributed by atoms with E-state index in [0.717, 1.165) is 17.8 Å². The summed E-state index contributed by atoms with van der Waals surface area (Å²) in [4.78, 5) is 12.1. The highest BCUT2D eigenvalue weighted by molar-refractivity contribution is 6.30. The molecule has 5 nitrogen and oxygen atoms in total. The summed E-state index contributed by atoms with van der Waals surface area (Å²) in [7, 11) is 0. The van der Waals surface area contributed by atoms with Gasteiger partial charge in [0.05, 0.1) is 13.2 Å². The lowest BCUT2D eigenvalue weighted by Gasteiger charge is -2.23. The minimum atomic E-state index is -0.0437. The maximum atomic E-state index is 12.1.